The molecule has 16 rings (SSSR count). The second-order valence-corrected chi connectivity index (χ2v) is 20.3. The Morgan fingerprint density at radius 1 is 0.253 bits per heavy atom. The zero-order valence-electron chi connectivity index (χ0n) is 44.7. The Kier molecular flexibility index (Phi) is 11.5. The van der Waals surface area contributed by atoms with Crippen molar-refractivity contribution in [2.24, 2.45) is 0 Å². The van der Waals surface area contributed by atoms with Crippen LogP contribution < -0.4 is 0 Å². The molecule has 11 aromatic carbocycles. The van der Waals surface area contributed by atoms with E-state index in [1.54, 1.807) is 0 Å². The van der Waals surface area contributed by atoms with Gasteiger partial charge in [-0.25, -0.2) is 9.97 Å². The zero-order chi connectivity index (χ0) is 53.2. The van der Waals surface area contributed by atoms with Crippen molar-refractivity contribution in [3.8, 4) is 78.4 Å². The van der Waals surface area contributed by atoms with Crippen molar-refractivity contribution < 1.29 is 4.42 Å². The summed E-state index contributed by atoms with van der Waals surface area (Å²) in [4.78, 5) is 10.6. The van der Waals surface area contributed by atoms with E-state index < -0.39 is 10.8 Å². The van der Waals surface area contributed by atoms with Gasteiger partial charge in [-0.05, 0) is 131 Å². The third-order valence-corrected chi connectivity index (χ3v) is 16.6. The normalized spacial score (nSPS) is 13.3. The lowest BCUT2D eigenvalue weighted by Crippen LogP contribution is -2.43. The molecule has 2 spiro atoms. The molecule has 79 heavy (non-hydrogen) atoms. The minimum atomic E-state index is -0.650. The third-order valence-electron chi connectivity index (χ3n) is 16.6. The van der Waals surface area contributed by atoms with Crippen LogP contribution in [-0.2, 0) is 10.8 Å². The van der Waals surface area contributed by atoms with Crippen molar-refractivity contribution in [1.29, 1.82) is 0 Å². The fourth-order valence-corrected chi connectivity index (χ4v) is 13.5. The van der Waals surface area contributed by atoms with Gasteiger partial charge in [-0.1, -0.05) is 252 Å². The fraction of sp³-hybridized carbons (Fsp3) is 0.0789. The molecule has 376 valence electrons. The summed E-state index contributed by atoms with van der Waals surface area (Å²) in [5.74, 6) is 0.676. The van der Waals surface area contributed by atoms with E-state index >= 15 is 0 Å². The molecule has 0 aliphatic heterocycles. The molecule has 0 fully saturated rings. The first kappa shape index (κ1) is 47.7. The minimum absolute atomic E-state index is 0.522. The third kappa shape index (κ3) is 7.05. The molecule has 0 saturated carbocycles. The molecule has 0 radical (unpaired) electrons. The Morgan fingerprint density at radius 3 is 1.32 bits per heavy atom. The van der Waals surface area contributed by atoms with E-state index in [1.807, 2.05) is 33.8 Å². The van der Waals surface area contributed by atoms with E-state index in [0.29, 0.717) is 5.82 Å². The van der Waals surface area contributed by atoms with E-state index in [2.05, 4.69) is 261 Å². The van der Waals surface area contributed by atoms with Gasteiger partial charge in [0.05, 0.1) is 22.2 Å². The lowest BCUT2D eigenvalue weighted by Gasteiger charge is -2.48. The number of hydrogen-bond acceptors (Lipinski definition) is 3. The van der Waals surface area contributed by atoms with Gasteiger partial charge in [0.15, 0.2) is 5.82 Å². The Balaban J connectivity index is 0.00000138. The quantitative estimate of drug-likeness (QED) is 0.172. The van der Waals surface area contributed by atoms with E-state index in [0.717, 1.165) is 66.7 Å². The summed E-state index contributed by atoms with van der Waals surface area (Å²) in [6.45, 7) is 8.00. The van der Waals surface area contributed by atoms with Crippen LogP contribution in [-0.4, -0.2) is 9.97 Å². The summed E-state index contributed by atoms with van der Waals surface area (Å²) < 4.78 is 6.74. The molecule has 3 aliphatic carbocycles. The van der Waals surface area contributed by atoms with Crippen LogP contribution in [0.4, 0.5) is 0 Å². The van der Waals surface area contributed by atoms with Gasteiger partial charge in [0.25, 0.3) is 0 Å². The summed E-state index contributed by atoms with van der Waals surface area (Å²) in [7, 11) is 0. The highest BCUT2D eigenvalue weighted by molar-refractivity contribution is 6.08. The van der Waals surface area contributed by atoms with Gasteiger partial charge in [0.1, 0.15) is 11.2 Å². The number of aromatic nitrogens is 2. The van der Waals surface area contributed by atoms with Crippen LogP contribution in [0.3, 0.4) is 0 Å². The number of benzene rings is 11. The number of rotatable bonds is 5. The molecule has 13 aromatic rings. The fourth-order valence-electron chi connectivity index (χ4n) is 13.5. The first-order chi connectivity index (χ1) is 39.2. The predicted octanol–water partition coefficient (Wildman–Crippen LogP) is 19.8. The van der Waals surface area contributed by atoms with E-state index in [-0.39, 0.29) is 0 Å². The van der Waals surface area contributed by atoms with Gasteiger partial charge >= 0.3 is 0 Å². The average Bonchev–Trinajstić information content (AvgIpc) is 2.14. The van der Waals surface area contributed by atoms with Gasteiger partial charge < -0.3 is 4.42 Å². The second kappa shape index (κ2) is 19.1. The second-order valence-electron chi connectivity index (χ2n) is 20.3. The van der Waals surface area contributed by atoms with Crippen molar-refractivity contribution in [2.45, 2.75) is 38.5 Å². The number of hydrogen-bond donors (Lipinski definition) is 0. The maximum Gasteiger partial charge on any atom is 0.160 e. The average molecular weight is 1010 g/mol. The summed E-state index contributed by atoms with van der Waals surface area (Å²) >= 11 is 0. The molecule has 0 N–H and O–H groups in total. The maximum atomic E-state index is 6.74. The lowest BCUT2D eigenvalue weighted by molar-refractivity contribution is 0.633. The van der Waals surface area contributed by atoms with Crippen LogP contribution in [0.15, 0.2) is 271 Å². The molecule has 0 unspecified atom stereocenters. The number of para-hydroxylation sites is 1. The molecule has 0 saturated heterocycles. The van der Waals surface area contributed by atoms with Crippen LogP contribution in [0.25, 0.3) is 100 Å². The minimum Gasteiger partial charge on any atom is -0.456 e. The highest BCUT2D eigenvalue weighted by Crippen LogP contribution is 2.68. The summed E-state index contributed by atoms with van der Waals surface area (Å²) in [5, 5.41) is 2.25. The zero-order valence-corrected chi connectivity index (χ0v) is 44.7. The van der Waals surface area contributed by atoms with Crippen molar-refractivity contribution in [1.82, 2.24) is 9.97 Å². The molecule has 0 atom stereocenters. The Labute approximate surface area is 462 Å². The standard InChI is InChI=1S/C72H44N2O.2C2H6/c1-3-19-45(20-4-1)47-23-17-25-50(39-47)67-44-66(46-21-5-2-6-22-46)73-70(74-67)51-26-18-24-48(40-51)49-37-38-60-55(41-49)56-43-69-57(54-29-9-16-36-68(54)75-69)42-65(56)72(60)63-34-14-12-32-61(63)71(62-33-13-15-35-64(62)72)58-30-10-7-27-52(58)53-28-8-11-31-59(53)71;2*1-2/h1-44H;2*1-2H3. The van der Waals surface area contributed by atoms with E-state index in [1.165, 1.54) is 72.3 Å². The topological polar surface area (TPSA) is 38.9 Å². The van der Waals surface area contributed by atoms with Crippen LogP contribution >= 0.6 is 0 Å². The summed E-state index contributed by atoms with van der Waals surface area (Å²) in [6, 6.07) is 97.7. The van der Waals surface area contributed by atoms with Gasteiger partial charge in [-0.15, -0.1) is 0 Å². The molecule has 3 nitrogen and oxygen atoms in total. The van der Waals surface area contributed by atoms with Gasteiger partial charge in [0, 0.05) is 27.5 Å². The Bertz CT molecular complexity index is 4390. The van der Waals surface area contributed by atoms with Crippen LogP contribution in [0, 0.1) is 0 Å². The molecule has 3 aliphatic rings. The highest BCUT2D eigenvalue weighted by Gasteiger charge is 2.59. The molecule has 2 heterocycles. The molecule has 0 amide bonds. The number of fused-ring (bicyclic) bond motifs is 19. The van der Waals surface area contributed by atoms with Crippen LogP contribution in [0.5, 0.6) is 0 Å². The van der Waals surface area contributed by atoms with Crippen LogP contribution in [0.2, 0.25) is 0 Å². The summed E-state index contributed by atoms with van der Waals surface area (Å²) in [6.07, 6.45) is 0. The van der Waals surface area contributed by atoms with Gasteiger partial charge in [-0.3, -0.25) is 0 Å². The first-order valence-corrected chi connectivity index (χ1v) is 27.9. The van der Waals surface area contributed by atoms with E-state index in [4.69, 9.17) is 14.4 Å². The monoisotopic (exact) mass is 1010 g/mol. The van der Waals surface area contributed by atoms with Crippen LogP contribution in [0.1, 0.15) is 72.2 Å². The molecule has 2 aromatic heterocycles. The molecular formula is C76H56N2O. The molecule has 0 bridgehead atoms. The Hall–Kier alpha value is -9.70. The number of furan rings is 1. The highest BCUT2D eigenvalue weighted by atomic mass is 16.3. The van der Waals surface area contributed by atoms with Crippen molar-refractivity contribution >= 4 is 21.9 Å². The summed E-state index contributed by atoms with van der Waals surface area (Å²) in [5.41, 5.74) is 25.3. The predicted molar refractivity (Wildman–Crippen MR) is 327 cm³/mol. The first-order valence-electron chi connectivity index (χ1n) is 27.9. The Morgan fingerprint density at radius 2 is 0.684 bits per heavy atom. The van der Waals surface area contributed by atoms with Crippen molar-refractivity contribution in [3.63, 3.8) is 0 Å². The smallest absolute Gasteiger partial charge is 0.160 e. The SMILES string of the molecule is CC.CC.c1ccc(-c2cccc(-c3cc(-c4ccccc4)nc(-c4cccc(-c5ccc6c(c5)-c5cc7oc8ccccc8c7cc5C65c6ccccc6C6(c7ccccc7-c7ccccc76)c6ccccc65)c4)n3)c2)cc1. The van der Waals surface area contributed by atoms with E-state index in [9.17, 15) is 0 Å². The largest absolute Gasteiger partial charge is 0.456 e. The van der Waals surface area contributed by atoms with Gasteiger partial charge in [-0.2, -0.15) is 0 Å². The lowest BCUT2D eigenvalue weighted by atomic mass is 9.52. The number of nitrogens with zero attached hydrogens (tertiary/aromatic N) is 2. The van der Waals surface area contributed by atoms with Gasteiger partial charge in [0.2, 0.25) is 0 Å². The maximum absolute atomic E-state index is 6.74. The molecule has 3 heteroatoms. The van der Waals surface area contributed by atoms with Crippen molar-refractivity contribution in [2.75, 3.05) is 0 Å². The van der Waals surface area contributed by atoms with Crippen molar-refractivity contribution in [3.05, 3.63) is 311 Å². The molecular weight excluding hydrogens is 957 g/mol.